The van der Waals surface area contributed by atoms with Crippen molar-refractivity contribution in [2.45, 2.75) is 83.6 Å². The summed E-state index contributed by atoms with van der Waals surface area (Å²) >= 11 is 0. The fourth-order valence-corrected chi connectivity index (χ4v) is 6.01. The van der Waals surface area contributed by atoms with Crippen LogP contribution in [0.4, 0.5) is 0 Å². The molecule has 7 heteroatoms. The van der Waals surface area contributed by atoms with Gasteiger partial charge >= 0.3 is 0 Å². The van der Waals surface area contributed by atoms with Crippen LogP contribution in [0.2, 0.25) is 0 Å². The zero-order valence-corrected chi connectivity index (χ0v) is 18.8. The van der Waals surface area contributed by atoms with Crippen molar-refractivity contribution in [3.8, 4) is 0 Å². The molecule has 6 nitrogen and oxygen atoms in total. The van der Waals surface area contributed by atoms with Crippen molar-refractivity contribution >= 4 is 9.84 Å². The SMILES string of the molecule is CCCCn1c(CN2CCN3CCC[C@@H]3C2)cnc1S(=O)(=O)CCCC(C)C. The minimum Gasteiger partial charge on any atom is -0.318 e. The Morgan fingerprint density at radius 3 is 2.79 bits per heavy atom. The second-order valence-corrected chi connectivity index (χ2v) is 11.0. The van der Waals surface area contributed by atoms with Crippen LogP contribution in [-0.2, 0) is 22.9 Å². The van der Waals surface area contributed by atoms with Crippen LogP contribution in [0.5, 0.6) is 0 Å². The summed E-state index contributed by atoms with van der Waals surface area (Å²) in [7, 11) is -3.33. The molecule has 0 aromatic carbocycles. The predicted octanol–water partition coefficient (Wildman–Crippen LogP) is 3.17. The minimum atomic E-state index is -3.33. The van der Waals surface area contributed by atoms with Gasteiger partial charge in [-0.15, -0.1) is 0 Å². The largest absolute Gasteiger partial charge is 0.318 e. The van der Waals surface area contributed by atoms with Gasteiger partial charge in [-0.3, -0.25) is 9.80 Å². The van der Waals surface area contributed by atoms with E-state index >= 15 is 0 Å². The number of imidazole rings is 1. The molecular weight excluding hydrogens is 372 g/mol. The molecule has 2 fully saturated rings. The first-order chi connectivity index (χ1) is 13.4. The topological polar surface area (TPSA) is 58.4 Å². The molecule has 0 N–H and O–H groups in total. The van der Waals surface area contributed by atoms with Crippen molar-refractivity contribution in [1.82, 2.24) is 19.4 Å². The maximum Gasteiger partial charge on any atom is 0.227 e. The monoisotopic (exact) mass is 410 g/mol. The minimum absolute atomic E-state index is 0.203. The Balaban J connectivity index is 1.72. The lowest BCUT2D eigenvalue weighted by Gasteiger charge is -2.37. The van der Waals surface area contributed by atoms with Crippen molar-refractivity contribution in [3.05, 3.63) is 11.9 Å². The third kappa shape index (κ3) is 5.36. The normalized spacial score (nSPS) is 21.5. The standard InChI is InChI=1S/C21H38N4O2S/c1-4-5-11-25-20(17-23-12-13-24-10-6-9-19(24)16-23)15-22-21(25)28(26,27)14-7-8-18(2)3/h15,18-19H,4-14,16-17H2,1-3H3/t19-/m1/s1. The van der Waals surface area contributed by atoms with Gasteiger partial charge in [0.1, 0.15) is 0 Å². The Morgan fingerprint density at radius 2 is 2.04 bits per heavy atom. The lowest BCUT2D eigenvalue weighted by molar-refractivity contribution is 0.0973. The molecule has 0 bridgehead atoms. The quantitative estimate of drug-likeness (QED) is 0.593. The van der Waals surface area contributed by atoms with Gasteiger partial charge in [-0.2, -0.15) is 0 Å². The fraction of sp³-hybridized carbons (Fsp3) is 0.857. The lowest BCUT2D eigenvalue weighted by atomic mass is 10.1. The Labute approximate surface area is 171 Å². The van der Waals surface area contributed by atoms with Crippen molar-refractivity contribution in [1.29, 1.82) is 0 Å². The van der Waals surface area contributed by atoms with Crippen molar-refractivity contribution in [3.63, 3.8) is 0 Å². The number of piperazine rings is 1. The van der Waals surface area contributed by atoms with Crippen LogP contribution in [0.15, 0.2) is 11.4 Å². The van der Waals surface area contributed by atoms with Crippen LogP contribution in [0.3, 0.4) is 0 Å². The molecule has 1 aromatic rings. The van der Waals surface area contributed by atoms with E-state index in [1.165, 1.54) is 19.4 Å². The summed E-state index contributed by atoms with van der Waals surface area (Å²) < 4.78 is 27.9. The van der Waals surface area contributed by atoms with E-state index in [1.807, 2.05) is 10.8 Å². The highest BCUT2D eigenvalue weighted by atomic mass is 32.2. The third-order valence-corrected chi connectivity index (χ3v) is 7.87. The molecule has 1 atom stereocenters. The molecule has 0 spiro atoms. The van der Waals surface area contributed by atoms with Crippen LogP contribution in [0, 0.1) is 5.92 Å². The average molecular weight is 411 g/mol. The van der Waals surface area contributed by atoms with Crippen LogP contribution >= 0.6 is 0 Å². The summed E-state index contributed by atoms with van der Waals surface area (Å²) in [6.45, 7) is 12.5. The number of hydrogen-bond acceptors (Lipinski definition) is 5. The number of aromatic nitrogens is 2. The molecule has 2 aliphatic rings. The molecule has 2 aliphatic heterocycles. The molecule has 2 saturated heterocycles. The van der Waals surface area contributed by atoms with Gasteiger partial charge in [-0.25, -0.2) is 13.4 Å². The molecule has 0 amide bonds. The molecule has 0 unspecified atom stereocenters. The fourth-order valence-electron chi connectivity index (χ4n) is 4.52. The second kappa shape index (κ2) is 9.72. The van der Waals surface area contributed by atoms with Crippen LogP contribution in [0.25, 0.3) is 0 Å². The van der Waals surface area contributed by atoms with Gasteiger partial charge in [0, 0.05) is 38.8 Å². The predicted molar refractivity (Wildman–Crippen MR) is 113 cm³/mol. The highest BCUT2D eigenvalue weighted by Gasteiger charge is 2.31. The van der Waals surface area contributed by atoms with E-state index in [2.05, 4.69) is 35.6 Å². The number of rotatable bonds is 10. The lowest BCUT2D eigenvalue weighted by Crippen LogP contribution is -2.49. The maximum atomic E-state index is 12.9. The molecule has 3 heterocycles. The smallest absolute Gasteiger partial charge is 0.227 e. The molecule has 3 rings (SSSR count). The molecular formula is C21H38N4O2S. The van der Waals surface area contributed by atoms with Crippen LogP contribution < -0.4 is 0 Å². The van der Waals surface area contributed by atoms with Gasteiger partial charge in [0.15, 0.2) is 0 Å². The summed E-state index contributed by atoms with van der Waals surface area (Å²) in [6.07, 6.45) is 8.09. The number of hydrogen-bond donors (Lipinski definition) is 0. The molecule has 0 radical (unpaired) electrons. The number of fused-ring (bicyclic) bond motifs is 1. The Morgan fingerprint density at radius 1 is 1.21 bits per heavy atom. The van der Waals surface area contributed by atoms with E-state index < -0.39 is 9.84 Å². The van der Waals surface area contributed by atoms with E-state index in [4.69, 9.17) is 0 Å². The Bertz CT molecular complexity index is 729. The van der Waals surface area contributed by atoms with Gasteiger partial charge in [0.2, 0.25) is 15.0 Å². The van der Waals surface area contributed by atoms with Crippen molar-refractivity contribution in [2.24, 2.45) is 5.92 Å². The van der Waals surface area contributed by atoms with E-state index in [1.54, 1.807) is 0 Å². The summed E-state index contributed by atoms with van der Waals surface area (Å²) in [5.74, 6) is 0.731. The first-order valence-electron chi connectivity index (χ1n) is 11.1. The second-order valence-electron chi connectivity index (χ2n) is 8.96. The molecule has 28 heavy (non-hydrogen) atoms. The van der Waals surface area contributed by atoms with Crippen LogP contribution in [-0.4, -0.2) is 65.7 Å². The first kappa shape index (κ1) is 21.8. The highest BCUT2D eigenvalue weighted by Crippen LogP contribution is 2.24. The van der Waals surface area contributed by atoms with E-state index in [-0.39, 0.29) is 5.75 Å². The summed E-state index contributed by atoms with van der Waals surface area (Å²) in [5, 5.41) is 0.291. The van der Waals surface area contributed by atoms with Crippen molar-refractivity contribution < 1.29 is 8.42 Å². The van der Waals surface area contributed by atoms with E-state index in [0.717, 1.165) is 57.7 Å². The summed E-state index contributed by atoms with van der Waals surface area (Å²) in [5.41, 5.74) is 1.06. The Hall–Kier alpha value is -0.920. The number of sulfone groups is 1. The van der Waals surface area contributed by atoms with Gasteiger partial charge in [-0.1, -0.05) is 27.2 Å². The summed E-state index contributed by atoms with van der Waals surface area (Å²) in [6, 6.07) is 0.681. The van der Waals surface area contributed by atoms with E-state index in [0.29, 0.717) is 23.5 Å². The average Bonchev–Trinajstić information content (AvgIpc) is 3.26. The zero-order valence-electron chi connectivity index (χ0n) is 17.9. The van der Waals surface area contributed by atoms with Crippen molar-refractivity contribution in [2.75, 3.05) is 31.9 Å². The third-order valence-electron chi connectivity index (χ3n) is 6.17. The van der Waals surface area contributed by atoms with Gasteiger partial charge in [0.05, 0.1) is 17.6 Å². The van der Waals surface area contributed by atoms with Crippen LogP contribution in [0.1, 0.15) is 65.0 Å². The zero-order chi connectivity index (χ0) is 20.1. The molecule has 0 saturated carbocycles. The molecule has 160 valence electrons. The maximum absolute atomic E-state index is 12.9. The molecule has 0 aliphatic carbocycles. The Kier molecular flexibility index (Phi) is 7.56. The van der Waals surface area contributed by atoms with Gasteiger partial charge in [-0.05, 0) is 44.6 Å². The van der Waals surface area contributed by atoms with Gasteiger partial charge in [0.25, 0.3) is 0 Å². The van der Waals surface area contributed by atoms with E-state index in [9.17, 15) is 8.42 Å². The number of nitrogens with zero attached hydrogens (tertiary/aromatic N) is 4. The summed E-state index contributed by atoms with van der Waals surface area (Å²) in [4.78, 5) is 9.50. The molecule has 1 aromatic heterocycles. The highest BCUT2D eigenvalue weighted by molar-refractivity contribution is 7.91. The number of unbranched alkanes of at least 4 members (excludes halogenated alkanes) is 1. The first-order valence-corrected chi connectivity index (χ1v) is 12.8. The van der Waals surface area contributed by atoms with Gasteiger partial charge < -0.3 is 4.57 Å².